The summed E-state index contributed by atoms with van der Waals surface area (Å²) in [6.45, 7) is 2.25. The molecule has 1 unspecified atom stereocenters. The van der Waals surface area contributed by atoms with Gasteiger partial charge in [-0.3, -0.25) is 0 Å². The molecular formula is C24H30ClNO2. The van der Waals surface area contributed by atoms with Crippen molar-refractivity contribution < 1.29 is 9.84 Å². The third-order valence-corrected chi connectivity index (χ3v) is 6.50. The smallest absolute Gasteiger partial charge is 0.0717 e. The average Bonchev–Trinajstić information content (AvgIpc) is 2.62. The fraction of sp³-hybridized carbons (Fsp3) is 0.500. The fourth-order valence-corrected chi connectivity index (χ4v) is 5.19. The van der Waals surface area contributed by atoms with Gasteiger partial charge in [0.05, 0.1) is 12.7 Å². The number of hydrogen-bond donors (Lipinski definition) is 2. The number of hydrogen-bond acceptors (Lipinski definition) is 3. The molecule has 2 aliphatic rings. The summed E-state index contributed by atoms with van der Waals surface area (Å²) in [6, 6.07) is 18.7. The Morgan fingerprint density at radius 1 is 1.04 bits per heavy atom. The van der Waals surface area contributed by atoms with Crippen molar-refractivity contribution in [1.29, 1.82) is 0 Å². The molecule has 4 rings (SSSR count). The molecular weight excluding hydrogens is 370 g/mol. The highest BCUT2D eigenvalue weighted by molar-refractivity contribution is 6.30. The minimum absolute atomic E-state index is 0.365. The fourth-order valence-electron chi connectivity index (χ4n) is 4.97. The molecule has 0 aliphatic heterocycles. The molecule has 2 aliphatic carbocycles. The largest absolute Gasteiger partial charge is 0.391 e. The molecule has 3 nitrogen and oxygen atoms in total. The van der Waals surface area contributed by atoms with Crippen molar-refractivity contribution in [2.75, 3.05) is 13.2 Å². The van der Waals surface area contributed by atoms with Crippen LogP contribution in [-0.2, 0) is 17.8 Å². The number of nitrogens with one attached hydrogen (secondary N) is 1. The van der Waals surface area contributed by atoms with Crippen LogP contribution in [0.25, 0.3) is 0 Å². The predicted octanol–water partition coefficient (Wildman–Crippen LogP) is 4.61. The van der Waals surface area contributed by atoms with Crippen LogP contribution in [0.2, 0.25) is 5.02 Å². The van der Waals surface area contributed by atoms with E-state index in [4.69, 9.17) is 16.3 Å². The summed E-state index contributed by atoms with van der Waals surface area (Å²) in [7, 11) is 0. The minimum Gasteiger partial charge on any atom is -0.391 e. The van der Waals surface area contributed by atoms with Crippen molar-refractivity contribution in [3.63, 3.8) is 0 Å². The van der Waals surface area contributed by atoms with Gasteiger partial charge in [0, 0.05) is 24.2 Å². The van der Waals surface area contributed by atoms with Crippen LogP contribution in [0.4, 0.5) is 0 Å². The summed E-state index contributed by atoms with van der Waals surface area (Å²) in [5, 5.41) is 14.5. The van der Waals surface area contributed by atoms with Gasteiger partial charge in [-0.25, -0.2) is 0 Å². The minimum atomic E-state index is -0.365. The lowest BCUT2D eigenvalue weighted by molar-refractivity contribution is -0.0822. The van der Waals surface area contributed by atoms with Crippen LogP contribution in [-0.4, -0.2) is 30.4 Å². The number of rotatable bonds is 9. The summed E-state index contributed by atoms with van der Waals surface area (Å²) in [5.74, 6) is 0.720. The first-order valence-corrected chi connectivity index (χ1v) is 10.8. The molecule has 2 saturated carbocycles. The van der Waals surface area contributed by atoms with Crippen LogP contribution in [0.1, 0.15) is 36.8 Å². The lowest BCUT2D eigenvalue weighted by Gasteiger charge is -2.58. The first-order valence-electron chi connectivity index (χ1n) is 10.4. The van der Waals surface area contributed by atoms with Gasteiger partial charge in [-0.2, -0.15) is 0 Å². The molecule has 2 N–H and O–H groups in total. The summed E-state index contributed by atoms with van der Waals surface area (Å²) < 4.78 is 5.90. The molecule has 0 amide bonds. The van der Waals surface area contributed by atoms with E-state index in [0.29, 0.717) is 24.4 Å². The maximum atomic E-state index is 10.3. The van der Waals surface area contributed by atoms with Crippen LogP contribution < -0.4 is 5.32 Å². The van der Waals surface area contributed by atoms with Gasteiger partial charge >= 0.3 is 0 Å². The second kappa shape index (κ2) is 8.96. The molecule has 0 radical (unpaired) electrons. The van der Waals surface area contributed by atoms with E-state index in [2.05, 4.69) is 29.6 Å². The molecule has 2 aromatic rings. The normalized spacial score (nSPS) is 27.2. The molecule has 0 aromatic heterocycles. The zero-order valence-corrected chi connectivity index (χ0v) is 17.1. The summed E-state index contributed by atoms with van der Waals surface area (Å²) >= 11 is 6.01. The summed E-state index contributed by atoms with van der Waals surface area (Å²) in [6.07, 6.45) is 5.36. The van der Waals surface area contributed by atoms with Gasteiger partial charge in [-0.15, -0.1) is 0 Å². The predicted molar refractivity (Wildman–Crippen MR) is 113 cm³/mol. The molecule has 0 bridgehead atoms. The van der Waals surface area contributed by atoms with E-state index in [1.807, 2.05) is 30.3 Å². The Labute approximate surface area is 173 Å². The van der Waals surface area contributed by atoms with Gasteiger partial charge in [0.25, 0.3) is 0 Å². The van der Waals surface area contributed by atoms with Crippen LogP contribution in [0.5, 0.6) is 0 Å². The van der Waals surface area contributed by atoms with E-state index >= 15 is 0 Å². The molecule has 150 valence electrons. The Kier molecular flexibility index (Phi) is 6.37. The highest BCUT2D eigenvalue weighted by Crippen LogP contribution is 2.58. The quantitative estimate of drug-likeness (QED) is 0.647. The van der Waals surface area contributed by atoms with Crippen molar-refractivity contribution in [3.8, 4) is 0 Å². The van der Waals surface area contributed by atoms with Crippen molar-refractivity contribution in [3.05, 3.63) is 70.7 Å². The Morgan fingerprint density at radius 2 is 1.79 bits per heavy atom. The first kappa shape index (κ1) is 19.9. The topological polar surface area (TPSA) is 41.5 Å². The summed E-state index contributed by atoms with van der Waals surface area (Å²) in [5.41, 5.74) is 2.89. The van der Waals surface area contributed by atoms with Crippen LogP contribution in [0.3, 0.4) is 0 Å². The molecule has 28 heavy (non-hydrogen) atoms. The highest BCUT2D eigenvalue weighted by atomic mass is 35.5. The Hall–Kier alpha value is -1.39. The first-order chi connectivity index (χ1) is 13.6. The van der Waals surface area contributed by atoms with Crippen LogP contribution in [0.15, 0.2) is 54.6 Å². The van der Waals surface area contributed by atoms with Gasteiger partial charge < -0.3 is 15.2 Å². The third-order valence-electron chi connectivity index (χ3n) is 6.27. The monoisotopic (exact) mass is 399 g/mol. The number of aliphatic hydroxyl groups excluding tert-OH is 1. The third kappa shape index (κ3) is 5.15. The van der Waals surface area contributed by atoms with E-state index in [1.54, 1.807) is 0 Å². The Morgan fingerprint density at radius 3 is 2.54 bits per heavy atom. The molecule has 0 saturated heterocycles. The van der Waals surface area contributed by atoms with E-state index in [-0.39, 0.29) is 6.10 Å². The van der Waals surface area contributed by atoms with Crippen LogP contribution >= 0.6 is 11.6 Å². The van der Waals surface area contributed by atoms with Gasteiger partial charge in [-0.1, -0.05) is 54.1 Å². The SMILES string of the molecule is OC(CNC1CC2(CC(COCc3ccccc3)C2)C1)Cc1cccc(Cl)c1. The molecule has 1 spiro atoms. The Balaban J connectivity index is 1.08. The van der Waals surface area contributed by atoms with Gasteiger partial charge in [-0.05, 0) is 66.7 Å². The van der Waals surface area contributed by atoms with E-state index in [0.717, 1.165) is 29.7 Å². The number of ether oxygens (including phenoxy) is 1. The van der Waals surface area contributed by atoms with Gasteiger partial charge in [0.2, 0.25) is 0 Å². The lowest BCUT2D eigenvalue weighted by Crippen LogP contribution is -2.56. The van der Waals surface area contributed by atoms with Gasteiger partial charge in [0.15, 0.2) is 0 Å². The molecule has 4 heteroatoms. The Bertz CT molecular complexity index is 752. The number of aliphatic hydroxyl groups is 1. The van der Waals surface area contributed by atoms with Crippen molar-refractivity contribution in [2.45, 2.75) is 50.9 Å². The summed E-state index contributed by atoms with van der Waals surface area (Å²) in [4.78, 5) is 0. The van der Waals surface area contributed by atoms with E-state index in [1.165, 1.54) is 31.2 Å². The van der Waals surface area contributed by atoms with Gasteiger partial charge in [0.1, 0.15) is 0 Å². The molecule has 0 heterocycles. The standard InChI is InChI=1S/C24H30ClNO2/c25-21-8-4-7-19(9-21)10-23(27)15-26-22-13-24(14-22)11-20(12-24)17-28-16-18-5-2-1-3-6-18/h1-9,20,22-23,26-27H,10-17H2. The van der Waals surface area contributed by atoms with E-state index in [9.17, 15) is 5.11 Å². The number of benzene rings is 2. The second-order valence-electron chi connectivity index (χ2n) is 8.78. The second-order valence-corrected chi connectivity index (χ2v) is 9.21. The highest BCUT2D eigenvalue weighted by Gasteiger charge is 2.52. The molecule has 1 atom stereocenters. The zero-order valence-electron chi connectivity index (χ0n) is 16.3. The average molecular weight is 400 g/mol. The lowest BCUT2D eigenvalue weighted by atomic mass is 9.50. The van der Waals surface area contributed by atoms with Crippen molar-refractivity contribution >= 4 is 11.6 Å². The molecule has 2 aromatic carbocycles. The van der Waals surface area contributed by atoms with Crippen LogP contribution in [0, 0.1) is 11.3 Å². The zero-order chi connectivity index (χ0) is 19.4. The maximum absolute atomic E-state index is 10.3. The maximum Gasteiger partial charge on any atom is 0.0717 e. The van der Waals surface area contributed by atoms with E-state index < -0.39 is 0 Å². The van der Waals surface area contributed by atoms with Crippen molar-refractivity contribution in [2.24, 2.45) is 11.3 Å². The molecule has 2 fully saturated rings. The van der Waals surface area contributed by atoms with Crippen molar-refractivity contribution in [1.82, 2.24) is 5.32 Å². The number of halogens is 1.